The summed E-state index contributed by atoms with van der Waals surface area (Å²) in [5.41, 5.74) is 0.487. The van der Waals surface area contributed by atoms with E-state index in [-0.39, 0.29) is 11.6 Å². The summed E-state index contributed by atoms with van der Waals surface area (Å²) in [6, 6.07) is 29.7. The fourth-order valence-corrected chi connectivity index (χ4v) is 9.89. The second-order valence-electron chi connectivity index (χ2n) is 11.1. The highest BCUT2D eigenvalue weighted by molar-refractivity contribution is 6.99. The molecule has 0 radical (unpaired) electrons. The Bertz CT molecular complexity index is 1170. The minimum absolute atomic E-state index is 0.00662. The van der Waals surface area contributed by atoms with Crippen molar-refractivity contribution in [2.75, 3.05) is 6.61 Å². The van der Waals surface area contributed by atoms with Crippen LogP contribution in [0.2, 0.25) is 5.04 Å². The Balaban J connectivity index is 1.80. The molecular formula is C32H38O5Si. The van der Waals surface area contributed by atoms with E-state index in [4.69, 9.17) is 18.6 Å². The molecule has 0 unspecified atom stereocenters. The van der Waals surface area contributed by atoms with E-state index in [1.165, 1.54) is 0 Å². The second kappa shape index (κ2) is 11.4. The summed E-state index contributed by atoms with van der Waals surface area (Å²) in [5.74, 6) is -1.24. The van der Waals surface area contributed by atoms with E-state index in [0.29, 0.717) is 5.56 Å². The molecule has 3 atom stereocenters. The zero-order chi connectivity index (χ0) is 27.4. The first-order valence-corrected chi connectivity index (χ1v) is 15.0. The summed E-state index contributed by atoms with van der Waals surface area (Å²) in [4.78, 5) is 13.0. The lowest BCUT2D eigenvalue weighted by atomic mass is 10.1. The molecule has 200 valence electrons. The van der Waals surface area contributed by atoms with Gasteiger partial charge >= 0.3 is 5.97 Å². The standard InChI is InChI=1S/C32H38O5Si/c1-7-27-29(36-32(5,6)35-27)28(23-34-30(33)24-17-11-8-12-18-24)37-38(31(2,3)4,25-19-13-9-14-20-25)26-21-15-10-16-22-26/h7-22,27-29H,1,23H2,2-6H3/t27-,28-,29+/m1/s1. The van der Waals surface area contributed by atoms with Gasteiger partial charge in [-0.15, -0.1) is 6.58 Å². The van der Waals surface area contributed by atoms with Crippen LogP contribution in [0.4, 0.5) is 0 Å². The van der Waals surface area contributed by atoms with Crippen LogP contribution in [-0.4, -0.2) is 45.0 Å². The number of carbonyl (C=O) groups excluding carboxylic acids is 1. The zero-order valence-corrected chi connectivity index (χ0v) is 23.9. The lowest BCUT2D eigenvalue weighted by Crippen LogP contribution is -2.69. The lowest BCUT2D eigenvalue weighted by molar-refractivity contribution is -0.154. The molecule has 0 amide bonds. The minimum atomic E-state index is -2.98. The molecule has 0 spiro atoms. The van der Waals surface area contributed by atoms with Crippen molar-refractivity contribution in [3.8, 4) is 0 Å². The maximum atomic E-state index is 13.0. The monoisotopic (exact) mass is 530 g/mol. The minimum Gasteiger partial charge on any atom is -0.459 e. The fourth-order valence-electron chi connectivity index (χ4n) is 5.22. The lowest BCUT2D eigenvalue weighted by Gasteiger charge is -2.46. The molecule has 5 nitrogen and oxygen atoms in total. The average molecular weight is 531 g/mol. The Hall–Kier alpha value is -3.03. The van der Waals surface area contributed by atoms with Crippen molar-refractivity contribution >= 4 is 24.7 Å². The first-order valence-electron chi connectivity index (χ1n) is 13.1. The Morgan fingerprint density at radius 3 is 1.89 bits per heavy atom. The molecular weight excluding hydrogens is 492 g/mol. The Labute approximate surface area is 227 Å². The van der Waals surface area contributed by atoms with Gasteiger partial charge in [-0.25, -0.2) is 4.79 Å². The number of benzene rings is 3. The van der Waals surface area contributed by atoms with Crippen LogP contribution in [-0.2, 0) is 18.6 Å². The highest BCUT2D eigenvalue weighted by atomic mass is 28.4. The molecule has 1 saturated heterocycles. The Kier molecular flexibility index (Phi) is 8.38. The number of carbonyl (C=O) groups is 1. The molecule has 1 aliphatic rings. The summed E-state index contributed by atoms with van der Waals surface area (Å²) in [6.07, 6.45) is 0.176. The van der Waals surface area contributed by atoms with Gasteiger partial charge < -0.3 is 18.6 Å². The van der Waals surface area contributed by atoms with Crippen molar-refractivity contribution in [1.29, 1.82) is 0 Å². The number of esters is 1. The van der Waals surface area contributed by atoms with Crippen molar-refractivity contribution in [2.24, 2.45) is 0 Å². The summed E-state index contributed by atoms with van der Waals surface area (Å²) in [5, 5.41) is 1.99. The Morgan fingerprint density at radius 2 is 1.42 bits per heavy atom. The summed E-state index contributed by atoms with van der Waals surface area (Å²) in [7, 11) is -2.98. The predicted molar refractivity (Wildman–Crippen MR) is 153 cm³/mol. The van der Waals surface area contributed by atoms with E-state index in [1.807, 2.05) is 68.4 Å². The molecule has 3 aromatic carbocycles. The van der Waals surface area contributed by atoms with Gasteiger partial charge in [-0.3, -0.25) is 0 Å². The Morgan fingerprint density at radius 1 is 0.921 bits per heavy atom. The third-order valence-corrected chi connectivity index (χ3v) is 12.0. The molecule has 0 N–H and O–H groups in total. The van der Waals surface area contributed by atoms with Crippen LogP contribution in [0.25, 0.3) is 0 Å². The first kappa shape index (κ1) is 28.0. The fraction of sp³-hybridized carbons (Fsp3) is 0.344. The molecule has 0 aliphatic carbocycles. The molecule has 38 heavy (non-hydrogen) atoms. The van der Waals surface area contributed by atoms with Crippen molar-refractivity contribution in [2.45, 2.75) is 63.8 Å². The van der Waals surface area contributed by atoms with E-state index in [9.17, 15) is 4.79 Å². The smallest absolute Gasteiger partial charge is 0.338 e. The quantitative estimate of drug-likeness (QED) is 0.208. The SMILES string of the molecule is C=C[C@H]1OC(C)(C)O[C@@H]1[C@@H](COC(=O)c1ccccc1)O[Si](c1ccccc1)(c1ccccc1)C(C)(C)C. The van der Waals surface area contributed by atoms with Gasteiger partial charge in [0, 0.05) is 0 Å². The van der Waals surface area contributed by atoms with Crippen molar-refractivity contribution < 1.29 is 23.4 Å². The molecule has 0 bridgehead atoms. The van der Waals surface area contributed by atoms with Gasteiger partial charge in [0.05, 0.1) is 5.56 Å². The maximum Gasteiger partial charge on any atom is 0.338 e. The topological polar surface area (TPSA) is 54.0 Å². The largest absolute Gasteiger partial charge is 0.459 e. The van der Waals surface area contributed by atoms with Crippen LogP contribution >= 0.6 is 0 Å². The van der Waals surface area contributed by atoms with Gasteiger partial charge in [0.25, 0.3) is 8.32 Å². The highest BCUT2D eigenvalue weighted by Gasteiger charge is 2.54. The first-order chi connectivity index (χ1) is 18.1. The number of rotatable bonds is 9. The number of ether oxygens (including phenoxy) is 3. The summed E-state index contributed by atoms with van der Waals surface area (Å²) < 4.78 is 25.8. The molecule has 6 heteroatoms. The van der Waals surface area contributed by atoms with Crippen molar-refractivity contribution in [3.05, 3.63) is 109 Å². The second-order valence-corrected chi connectivity index (χ2v) is 15.3. The van der Waals surface area contributed by atoms with Crippen LogP contribution in [0.1, 0.15) is 45.0 Å². The molecule has 1 fully saturated rings. The molecule has 3 aromatic rings. The summed E-state index contributed by atoms with van der Waals surface area (Å²) in [6.45, 7) is 14.4. The van der Waals surface area contributed by atoms with E-state index >= 15 is 0 Å². The number of hydrogen-bond acceptors (Lipinski definition) is 5. The van der Waals surface area contributed by atoms with Gasteiger partial charge in [-0.2, -0.15) is 0 Å². The van der Waals surface area contributed by atoms with Gasteiger partial charge in [0.15, 0.2) is 5.79 Å². The maximum absolute atomic E-state index is 13.0. The van der Waals surface area contributed by atoms with Crippen LogP contribution in [0.3, 0.4) is 0 Å². The van der Waals surface area contributed by atoms with Crippen LogP contribution in [0.15, 0.2) is 104 Å². The van der Waals surface area contributed by atoms with Gasteiger partial charge in [0.1, 0.15) is 24.9 Å². The van der Waals surface area contributed by atoms with Gasteiger partial charge in [-0.05, 0) is 41.4 Å². The molecule has 0 saturated carbocycles. The van der Waals surface area contributed by atoms with E-state index in [1.54, 1.807) is 18.2 Å². The summed E-state index contributed by atoms with van der Waals surface area (Å²) >= 11 is 0. The molecule has 4 rings (SSSR count). The van der Waals surface area contributed by atoms with E-state index < -0.39 is 38.4 Å². The van der Waals surface area contributed by atoms with Crippen molar-refractivity contribution in [1.82, 2.24) is 0 Å². The molecule has 1 heterocycles. The van der Waals surface area contributed by atoms with Gasteiger partial charge in [-0.1, -0.05) is 106 Å². The van der Waals surface area contributed by atoms with Crippen LogP contribution in [0.5, 0.6) is 0 Å². The van der Waals surface area contributed by atoms with E-state index in [0.717, 1.165) is 10.4 Å². The van der Waals surface area contributed by atoms with E-state index in [2.05, 4.69) is 51.6 Å². The van der Waals surface area contributed by atoms with Crippen LogP contribution < -0.4 is 10.4 Å². The third kappa shape index (κ3) is 5.84. The zero-order valence-electron chi connectivity index (χ0n) is 22.9. The van der Waals surface area contributed by atoms with Crippen LogP contribution in [0, 0.1) is 0 Å². The highest BCUT2D eigenvalue weighted by Crippen LogP contribution is 2.40. The number of hydrogen-bond donors (Lipinski definition) is 0. The molecule has 1 aliphatic heterocycles. The van der Waals surface area contributed by atoms with Gasteiger partial charge in [0.2, 0.25) is 0 Å². The predicted octanol–water partition coefficient (Wildman–Crippen LogP) is 5.49. The average Bonchev–Trinajstić information content (AvgIpc) is 3.24. The van der Waals surface area contributed by atoms with Crippen molar-refractivity contribution in [3.63, 3.8) is 0 Å². The normalized spacial score (nSPS) is 20.0. The third-order valence-electron chi connectivity index (χ3n) is 6.90. The molecule has 0 aromatic heterocycles.